The SMILES string of the molecule is CCc1nc(OCCNC)cc(=O)[nH]1. The van der Waals surface area contributed by atoms with E-state index in [9.17, 15) is 4.79 Å². The summed E-state index contributed by atoms with van der Waals surface area (Å²) in [6.45, 7) is 3.17. The first-order valence-corrected chi connectivity index (χ1v) is 4.64. The minimum Gasteiger partial charge on any atom is -0.476 e. The molecule has 0 bridgehead atoms. The van der Waals surface area contributed by atoms with E-state index in [2.05, 4.69) is 15.3 Å². The van der Waals surface area contributed by atoms with E-state index in [0.717, 1.165) is 6.54 Å². The van der Waals surface area contributed by atoms with E-state index < -0.39 is 0 Å². The monoisotopic (exact) mass is 197 g/mol. The largest absolute Gasteiger partial charge is 0.476 e. The number of hydrogen-bond acceptors (Lipinski definition) is 4. The lowest BCUT2D eigenvalue weighted by Crippen LogP contribution is -2.18. The average Bonchev–Trinajstić information content (AvgIpc) is 2.17. The van der Waals surface area contributed by atoms with Gasteiger partial charge in [0.05, 0.1) is 6.07 Å². The first-order chi connectivity index (χ1) is 6.76. The van der Waals surface area contributed by atoms with Gasteiger partial charge in [-0.25, -0.2) is 4.98 Å². The summed E-state index contributed by atoms with van der Waals surface area (Å²) >= 11 is 0. The molecule has 0 amide bonds. The van der Waals surface area contributed by atoms with Crippen LogP contribution in [0.15, 0.2) is 10.9 Å². The highest BCUT2D eigenvalue weighted by atomic mass is 16.5. The average molecular weight is 197 g/mol. The van der Waals surface area contributed by atoms with Crippen LogP contribution >= 0.6 is 0 Å². The Hall–Kier alpha value is -1.36. The minimum absolute atomic E-state index is 0.170. The molecule has 0 aliphatic rings. The molecule has 0 aliphatic heterocycles. The van der Waals surface area contributed by atoms with Gasteiger partial charge in [0.15, 0.2) is 0 Å². The number of rotatable bonds is 5. The summed E-state index contributed by atoms with van der Waals surface area (Å²) in [6, 6.07) is 1.36. The second-order valence-electron chi connectivity index (χ2n) is 2.84. The lowest BCUT2D eigenvalue weighted by Gasteiger charge is -2.04. The predicted molar refractivity (Wildman–Crippen MR) is 53.7 cm³/mol. The zero-order valence-electron chi connectivity index (χ0n) is 8.46. The van der Waals surface area contributed by atoms with Gasteiger partial charge in [-0.3, -0.25) is 4.79 Å². The van der Waals surface area contributed by atoms with Gasteiger partial charge in [0.25, 0.3) is 5.56 Å². The van der Waals surface area contributed by atoms with E-state index >= 15 is 0 Å². The van der Waals surface area contributed by atoms with Crippen LogP contribution in [0.1, 0.15) is 12.7 Å². The van der Waals surface area contributed by atoms with Crippen LogP contribution in [0.2, 0.25) is 0 Å². The summed E-state index contributed by atoms with van der Waals surface area (Å²) in [4.78, 5) is 17.9. The molecule has 0 unspecified atom stereocenters. The van der Waals surface area contributed by atoms with Crippen molar-refractivity contribution >= 4 is 0 Å². The van der Waals surface area contributed by atoms with Gasteiger partial charge in [0.2, 0.25) is 5.88 Å². The molecule has 0 saturated heterocycles. The first kappa shape index (κ1) is 10.7. The minimum atomic E-state index is -0.170. The summed E-state index contributed by atoms with van der Waals surface area (Å²) in [5.74, 6) is 1.04. The van der Waals surface area contributed by atoms with E-state index in [1.165, 1.54) is 6.07 Å². The molecule has 0 radical (unpaired) electrons. The highest BCUT2D eigenvalue weighted by Crippen LogP contribution is 2.01. The van der Waals surface area contributed by atoms with E-state index in [0.29, 0.717) is 24.7 Å². The van der Waals surface area contributed by atoms with Crippen LogP contribution < -0.4 is 15.6 Å². The number of hydrogen-bond donors (Lipinski definition) is 2. The van der Waals surface area contributed by atoms with Crippen molar-refractivity contribution in [2.75, 3.05) is 20.2 Å². The standard InChI is InChI=1S/C9H15N3O2/c1-3-7-11-8(13)6-9(12-7)14-5-4-10-2/h6,10H,3-5H2,1-2H3,(H,11,12,13). The fraction of sp³-hybridized carbons (Fsp3) is 0.556. The Morgan fingerprint density at radius 3 is 3.07 bits per heavy atom. The van der Waals surface area contributed by atoms with Gasteiger partial charge < -0.3 is 15.0 Å². The van der Waals surface area contributed by atoms with Crippen LogP contribution in [0.25, 0.3) is 0 Å². The lowest BCUT2D eigenvalue weighted by atomic mass is 10.4. The third kappa shape index (κ3) is 3.18. The van der Waals surface area contributed by atoms with Crippen LogP contribution in [-0.2, 0) is 6.42 Å². The van der Waals surface area contributed by atoms with Crippen LogP contribution in [0, 0.1) is 0 Å². The number of aryl methyl sites for hydroxylation is 1. The molecule has 0 fully saturated rings. The third-order valence-corrected chi connectivity index (χ3v) is 1.70. The van der Waals surface area contributed by atoms with Gasteiger partial charge >= 0.3 is 0 Å². The molecule has 0 aliphatic carbocycles. The third-order valence-electron chi connectivity index (χ3n) is 1.70. The van der Waals surface area contributed by atoms with E-state index in [1.54, 1.807) is 0 Å². The van der Waals surface area contributed by atoms with Crippen LogP contribution in [0.5, 0.6) is 5.88 Å². The van der Waals surface area contributed by atoms with Crippen molar-refractivity contribution in [3.8, 4) is 5.88 Å². The van der Waals surface area contributed by atoms with Crippen molar-refractivity contribution in [3.63, 3.8) is 0 Å². The number of H-pyrrole nitrogens is 1. The molecule has 78 valence electrons. The quantitative estimate of drug-likeness (QED) is 0.648. The van der Waals surface area contributed by atoms with E-state index in [1.807, 2.05) is 14.0 Å². The first-order valence-electron chi connectivity index (χ1n) is 4.64. The second kappa shape index (κ2) is 5.39. The Balaban J connectivity index is 2.67. The lowest BCUT2D eigenvalue weighted by molar-refractivity contribution is 0.304. The van der Waals surface area contributed by atoms with Crippen LogP contribution in [0.3, 0.4) is 0 Å². The molecule has 14 heavy (non-hydrogen) atoms. The molecule has 1 aromatic rings. The summed E-state index contributed by atoms with van der Waals surface area (Å²) in [5.41, 5.74) is -0.170. The Labute approximate surface area is 82.5 Å². The highest BCUT2D eigenvalue weighted by molar-refractivity contribution is 5.08. The highest BCUT2D eigenvalue weighted by Gasteiger charge is 1.99. The van der Waals surface area contributed by atoms with Crippen molar-refractivity contribution < 1.29 is 4.74 Å². The number of likely N-dealkylation sites (N-methyl/N-ethyl adjacent to an activating group) is 1. The Morgan fingerprint density at radius 2 is 2.43 bits per heavy atom. The molecular weight excluding hydrogens is 182 g/mol. The van der Waals surface area contributed by atoms with Crippen molar-refractivity contribution in [1.29, 1.82) is 0 Å². The smallest absolute Gasteiger partial charge is 0.254 e. The van der Waals surface area contributed by atoms with Gasteiger partial charge in [0.1, 0.15) is 12.4 Å². The maximum absolute atomic E-state index is 11.1. The van der Waals surface area contributed by atoms with Crippen LogP contribution in [-0.4, -0.2) is 30.2 Å². The number of nitrogens with one attached hydrogen (secondary N) is 2. The fourth-order valence-corrected chi connectivity index (χ4v) is 0.983. The number of ether oxygens (including phenoxy) is 1. The molecule has 0 spiro atoms. The fourth-order valence-electron chi connectivity index (χ4n) is 0.983. The van der Waals surface area contributed by atoms with Crippen molar-refractivity contribution in [3.05, 3.63) is 22.2 Å². The molecule has 0 aromatic carbocycles. The maximum Gasteiger partial charge on any atom is 0.254 e. The molecule has 5 heteroatoms. The van der Waals surface area contributed by atoms with Gasteiger partial charge in [-0.2, -0.15) is 0 Å². The van der Waals surface area contributed by atoms with E-state index in [-0.39, 0.29) is 5.56 Å². The summed E-state index contributed by atoms with van der Waals surface area (Å²) < 4.78 is 5.28. The topological polar surface area (TPSA) is 67.0 Å². The molecular formula is C9H15N3O2. The summed E-state index contributed by atoms with van der Waals surface area (Å²) in [5, 5.41) is 2.94. The number of aromatic nitrogens is 2. The van der Waals surface area contributed by atoms with Crippen molar-refractivity contribution in [1.82, 2.24) is 15.3 Å². The predicted octanol–water partition coefficient (Wildman–Crippen LogP) is -0.0695. The van der Waals surface area contributed by atoms with Gasteiger partial charge in [-0.1, -0.05) is 6.92 Å². The normalized spacial score (nSPS) is 10.1. The van der Waals surface area contributed by atoms with Gasteiger partial charge in [-0.05, 0) is 7.05 Å². The van der Waals surface area contributed by atoms with Gasteiger partial charge in [-0.15, -0.1) is 0 Å². The Bertz CT molecular complexity index is 335. The molecule has 1 rings (SSSR count). The summed E-state index contributed by atoms with van der Waals surface area (Å²) in [7, 11) is 1.84. The van der Waals surface area contributed by atoms with Gasteiger partial charge in [0, 0.05) is 13.0 Å². The second-order valence-corrected chi connectivity index (χ2v) is 2.84. The molecule has 5 nitrogen and oxygen atoms in total. The summed E-state index contributed by atoms with van der Waals surface area (Å²) in [6.07, 6.45) is 0.693. The number of nitrogens with zero attached hydrogens (tertiary/aromatic N) is 1. The van der Waals surface area contributed by atoms with Crippen molar-refractivity contribution in [2.45, 2.75) is 13.3 Å². The van der Waals surface area contributed by atoms with Crippen LogP contribution in [0.4, 0.5) is 0 Å². The zero-order chi connectivity index (χ0) is 10.4. The molecule has 0 saturated carbocycles. The molecule has 1 heterocycles. The molecule has 1 aromatic heterocycles. The molecule has 2 N–H and O–H groups in total. The number of aromatic amines is 1. The molecule has 0 atom stereocenters. The Morgan fingerprint density at radius 1 is 1.64 bits per heavy atom. The zero-order valence-corrected chi connectivity index (χ0v) is 8.46. The van der Waals surface area contributed by atoms with Crippen molar-refractivity contribution in [2.24, 2.45) is 0 Å². The van der Waals surface area contributed by atoms with E-state index in [4.69, 9.17) is 4.74 Å². The maximum atomic E-state index is 11.1. The Kier molecular flexibility index (Phi) is 4.12.